The van der Waals surface area contributed by atoms with Gasteiger partial charge in [-0.1, -0.05) is 24.3 Å². The van der Waals surface area contributed by atoms with Crippen molar-refractivity contribution in [3.8, 4) is 17.2 Å². The van der Waals surface area contributed by atoms with Crippen molar-refractivity contribution in [2.24, 2.45) is 5.92 Å². The van der Waals surface area contributed by atoms with E-state index in [1.54, 1.807) is 35.2 Å². The van der Waals surface area contributed by atoms with E-state index in [0.717, 1.165) is 0 Å². The van der Waals surface area contributed by atoms with Crippen LogP contribution in [-0.2, 0) is 9.59 Å². The van der Waals surface area contributed by atoms with Gasteiger partial charge in [-0.05, 0) is 37.1 Å². The molecular weight excluding hydrogens is 422 g/mol. The van der Waals surface area contributed by atoms with Crippen molar-refractivity contribution in [1.29, 1.82) is 0 Å². The number of carbonyl (C=O) groups is 2. The van der Waals surface area contributed by atoms with Crippen LogP contribution in [0.5, 0.6) is 17.2 Å². The van der Waals surface area contributed by atoms with Gasteiger partial charge in [0.25, 0.3) is 0 Å². The molecule has 1 aliphatic heterocycles. The minimum atomic E-state index is -3.03. The van der Waals surface area contributed by atoms with E-state index in [4.69, 9.17) is 4.74 Å². The second-order valence-electron chi connectivity index (χ2n) is 7.20. The molecule has 1 heterocycles. The number of aromatic hydroxyl groups is 1. The number of hydrogen-bond acceptors (Lipinski definition) is 5. The molecule has 1 aliphatic rings. The van der Waals surface area contributed by atoms with Crippen molar-refractivity contribution in [2.75, 3.05) is 25.5 Å². The smallest absolute Gasteiger partial charge is 0.387 e. The van der Waals surface area contributed by atoms with Crippen LogP contribution >= 0.6 is 0 Å². The van der Waals surface area contributed by atoms with Crippen LogP contribution in [0, 0.1) is 5.92 Å². The van der Waals surface area contributed by atoms with E-state index in [9.17, 15) is 23.5 Å². The lowest BCUT2D eigenvalue weighted by Gasteiger charge is -2.30. The molecule has 1 fully saturated rings. The first-order valence-electron chi connectivity index (χ1n) is 10.1. The summed E-state index contributed by atoms with van der Waals surface area (Å²) in [7, 11) is 1.34. The zero-order valence-corrected chi connectivity index (χ0v) is 17.5. The third kappa shape index (κ3) is 5.75. The highest BCUT2D eigenvalue weighted by Gasteiger charge is 2.27. The number of ether oxygens (including phenoxy) is 2. The van der Waals surface area contributed by atoms with Crippen LogP contribution in [-0.4, -0.2) is 48.6 Å². The molecule has 0 saturated carbocycles. The summed E-state index contributed by atoms with van der Waals surface area (Å²) in [5.41, 5.74) is 0.633. The van der Waals surface area contributed by atoms with Gasteiger partial charge in [0.05, 0.1) is 12.8 Å². The first kappa shape index (κ1) is 23.1. The van der Waals surface area contributed by atoms with Crippen LogP contribution in [0.1, 0.15) is 18.4 Å². The lowest BCUT2D eigenvalue weighted by molar-refractivity contribution is -0.130. The molecule has 170 valence electrons. The van der Waals surface area contributed by atoms with Crippen LogP contribution in [0.3, 0.4) is 0 Å². The Hall–Kier alpha value is -3.62. The van der Waals surface area contributed by atoms with Crippen LogP contribution in [0.15, 0.2) is 48.5 Å². The zero-order valence-electron chi connectivity index (χ0n) is 17.5. The number of likely N-dealkylation sites (tertiary alicyclic amines) is 1. The standard InChI is InChI=1S/C23H24F2N2O5/c1-31-19-8-4-5-15(21(19)32-23(24)25)9-10-20(29)27-13-11-16(12-14-27)22(30)26-17-6-2-3-7-18(17)28/h2-10,16,23,28H,11-14H2,1H3,(H,26,30)/b10-9+. The highest BCUT2D eigenvalue weighted by molar-refractivity contribution is 5.95. The third-order valence-corrected chi connectivity index (χ3v) is 5.18. The second-order valence-corrected chi connectivity index (χ2v) is 7.20. The van der Waals surface area contributed by atoms with Gasteiger partial charge in [0.2, 0.25) is 11.8 Å². The number of phenolic OH excluding ortho intramolecular Hbond substituents is 1. The fraction of sp³-hybridized carbons (Fsp3) is 0.304. The Morgan fingerprint density at radius 3 is 2.53 bits per heavy atom. The second kappa shape index (κ2) is 10.6. The molecule has 0 spiro atoms. The SMILES string of the molecule is COc1cccc(/C=C/C(=O)N2CCC(C(=O)Nc3ccccc3O)CC2)c1OC(F)F. The maximum atomic E-state index is 12.7. The molecule has 0 aliphatic carbocycles. The Morgan fingerprint density at radius 2 is 1.88 bits per heavy atom. The molecule has 2 amide bonds. The maximum Gasteiger partial charge on any atom is 0.387 e. The molecule has 0 radical (unpaired) electrons. The molecule has 9 heteroatoms. The van der Waals surface area contributed by atoms with E-state index >= 15 is 0 Å². The number of nitrogens with zero attached hydrogens (tertiary/aromatic N) is 1. The number of alkyl halides is 2. The first-order chi connectivity index (χ1) is 15.4. The molecule has 0 unspecified atom stereocenters. The van der Waals surface area contributed by atoms with Gasteiger partial charge in [-0.15, -0.1) is 0 Å². The maximum absolute atomic E-state index is 12.7. The number of para-hydroxylation sites is 3. The van der Waals surface area contributed by atoms with Crippen molar-refractivity contribution >= 4 is 23.6 Å². The summed E-state index contributed by atoms with van der Waals surface area (Å²) in [4.78, 5) is 26.6. The Morgan fingerprint density at radius 1 is 1.16 bits per heavy atom. The predicted octanol–water partition coefficient (Wildman–Crippen LogP) is 3.89. The fourth-order valence-electron chi connectivity index (χ4n) is 3.48. The molecule has 0 aromatic heterocycles. The number of benzene rings is 2. The van der Waals surface area contributed by atoms with Crippen molar-refractivity contribution in [2.45, 2.75) is 19.5 Å². The van der Waals surface area contributed by atoms with Gasteiger partial charge in [-0.25, -0.2) is 0 Å². The summed E-state index contributed by atoms with van der Waals surface area (Å²) in [6.45, 7) is -2.28. The number of nitrogens with one attached hydrogen (secondary N) is 1. The Balaban J connectivity index is 1.58. The van der Waals surface area contributed by atoms with E-state index < -0.39 is 6.61 Å². The van der Waals surface area contributed by atoms with E-state index in [1.807, 2.05) is 0 Å². The number of piperidine rings is 1. The Bertz CT molecular complexity index is 988. The van der Waals surface area contributed by atoms with Crippen LogP contribution in [0.4, 0.5) is 14.5 Å². The van der Waals surface area contributed by atoms with Crippen LogP contribution < -0.4 is 14.8 Å². The molecule has 2 aromatic carbocycles. The van der Waals surface area contributed by atoms with Crippen molar-refractivity contribution in [3.63, 3.8) is 0 Å². The highest BCUT2D eigenvalue weighted by Crippen LogP contribution is 2.33. The normalized spacial score (nSPS) is 14.6. The minimum Gasteiger partial charge on any atom is -0.506 e. The summed E-state index contributed by atoms with van der Waals surface area (Å²) < 4.78 is 35.1. The summed E-state index contributed by atoms with van der Waals surface area (Å²) in [6.07, 6.45) is 3.63. The number of hydrogen-bond donors (Lipinski definition) is 2. The summed E-state index contributed by atoms with van der Waals surface area (Å²) in [5.74, 6) is -0.808. The monoisotopic (exact) mass is 446 g/mol. The summed E-state index contributed by atoms with van der Waals surface area (Å²) in [5, 5.41) is 12.5. The molecule has 2 N–H and O–H groups in total. The van der Waals surface area contributed by atoms with Gasteiger partial charge in [-0.2, -0.15) is 8.78 Å². The van der Waals surface area contributed by atoms with Crippen LogP contribution in [0.2, 0.25) is 0 Å². The van der Waals surface area contributed by atoms with E-state index in [2.05, 4.69) is 10.1 Å². The van der Waals surface area contributed by atoms with Crippen LogP contribution in [0.25, 0.3) is 6.08 Å². The number of rotatable bonds is 7. The first-order valence-corrected chi connectivity index (χ1v) is 10.1. The van der Waals surface area contributed by atoms with Gasteiger partial charge in [0, 0.05) is 30.6 Å². The number of methoxy groups -OCH3 is 1. The van der Waals surface area contributed by atoms with Gasteiger partial charge in [-0.3, -0.25) is 9.59 Å². The van der Waals surface area contributed by atoms with Crippen molar-refractivity contribution in [1.82, 2.24) is 4.90 Å². The quantitative estimate of drug-likeness (QED) is 0.498. The number of halogens is 2. The molecule has 0 bridgehead atoms. The molecule has 1 saturated heterocycles. The predicted molar refractivity (Wildman–Crippen MR) is 115 cm³/mol. The average molecular weight is 446 g/mol. The van der Waals surface area contributed by atoms with Gasteiger partial charge in [0.15, 0.2) is 11.5 Å². The van der Waals surface area contributed by atoms with Crippen molar-refractivity contribution < 1.29 is 33.0 Å². The molecule has 3 rings (SSSR count). The summed E-state index contributed by atoms with van der Waals surface area (Å²) >= 11 is 0. The Kier molecular flexibility index (Phi) is 7.64. The lowest BCUT2D eigenvalue weighted by atomic mass is 9.95. The number of anilines is 1. The fourth-order valence-corrected chi connectivity index (χ4v) is 3.48. The summed E-state index contributed by atoms with van der Waals surface area (Å²) in [6, 6.07) is 11.1. The minimum absolute atomic E-state index is 0.00802. The van der Waals surface area contributed by atoms with Gasteiger partial charge in [0.1, 0.15) is 5.75 Å². The van der Waals surface area contributed by atoms with E-state index in [0.29, 0.717) is 31.6 Å². The lowest BCUT2D eigenvalue weighted by Crippen LogP contribution is -2.40. The molecule has 32 heavy (non-hydrogen) atoms. The van der Waals surface area contributed by atoms with Crippen molar-refractivity contribution in [3.05, 3.63) is 54.1 Å². The van der Waals surface area contributed by atoms with Gasteiger partial charge >= 0.3 is 6.61 Å². The van der Waals surface area contributed by atoms with E-state index in [-0.39, 0.29) is 40.5 Å². The van der Waals surface area contributed by atoms with E-state index in [1.165, 1.54) is 31.4 Å². The molecular formula is C23H24F2N2O5. The number of phenols is 1. The Labute approximate surface area is 184 Å². The highest BCUT2D eigenvalue weighted by atomic mass is 19.3. The third-order valence-electron chi connectivity index (χ3n) is 5.18. The number of amides is 2. The molecule has 2 aromatic rings. The number of carbonyl (C=O) groups excluding carboxylic acids is 2. The van der Waals surface area contributed by atoms with Gasteiger partial charge < -0.3 is 24.8 Å². The zero-order chi connectivity index (χ0) is 23.1. The molecule has 7 nitrogen and oxygen atoms in total. The largest absolute Gasteiger partial charge is 0.506 e. The average Bonchev–Trinajstić information content (AvgIpc) is 2.79. The molecule has 0 atom stereocenters. The topological polar surface area (TPSA) is 88.1 Å².